The van der Waals surface area contributed by atoms with Crippen LogP contribution < -0.4 is 15.2 Å². The molecule has 0 heterocycles. The van der Waals surface area contributed by atoms with Gasteiger partial charge in [0, 0.05) is 5.56 Å². The summed E-state index contributed by atoms with van der Waals surface area (Å²) in [4.78, 5) is 0. The van der Waals surface area contributed by atoms with Crippen molar-refractivity contribution in [3.05, 3.63) is 28.1 Å². The number of fused-ring (bicyclic) bond motifs is 1. The molecule has 0 spiro atoms. The molecule has 2 nitrogen and oxygen atoms in total. The second kappa shape index (κ2) is 4.07. The van der Waals surface area contributed by atoms with Gasteiger partial charge < -0.3 is 9.84 Å². The lowest BCUT2D eigenvalue weighted by molar-refractivity contribution is 0.272. The van der Waals surface area contributed by atoms with E-state index in [0.717, 1.165) is 23.0 Å². The molecule has 0 fully saturated rings. The van der Waals surface area contributed by atoms with Crippen molar-refractivity contribution in [3.63, 3.8) is 0 Å². The van der Waals surface area contributed by atoms with Crippen LogP contribution in [0.25, 0.3) is 12.2 Å². The molecule has 1 unspecified atom stereocenters. The highest BCUT2D eigenvalue weighted by Crippen LogP contribution is 2.14. The zero-order chi connectivity index (χ0) is 10.8. The highest BCUT2D eigenvalue weighted by Gasteiger charge is 2.08. The molecule has 1 aromatic carbocycles. The first-order chi connectivity index (χ1) is 7.26. The Bertz CT molecular complexity index is 474. The Morgan fingerprint density at radius 2 is 2.27 bits per heavy atom. The Kier molecular flexibility index (Phi) is 2.78. The van der Waals surface area contributed by atoms with E-state index in [9.17, 15) is 5.11 Å². The summed E-state index contributed by atoms with van der Waals surface area (Å²) < 4.78 is 5.24. The van der Waals surface area contributed by atoms with E-state index in [4.69, 9.17) is 4.74 Å². The minimum Gasteiger partial charge on any atom is -0.496 e. The van der Waals surface area contributed by atoms with Crippen LogP contribution in [0.15, 0.2) is 12.1 Å². The zero-order valence-electron chi connectivity index (χ0n) is 9.16. The van der Waals surface area contributed by atoms with E-state index in [-0.39, 0.29) is 6.61 Å². The van der Waals surface area contributed by atoms with E-state index in [0.29, 0.717) is 5.92 Å². The van der Waals surface area contributed by atoms with Gasteiger partial charge in [-0.05, 0) is 28.8 Å². The number of hydrogen-bond acceptors (Lipinski definition) is 2. The Hall–Kier alpha value is -1.28. The molecule has 1 atom stereocenters. The van der Waals surface area contributed by atoms with Gasteiger partial charge in [-0.25, -0.2) is 0 Å². The highest BCUT2D eigenvalue weighted by atomic mass is 16.5. The van der Waals surface area contributed by atoms with Crippen molar-refractivity contribution in [2.24, 2.45) is 5.92 Å². The van der Waals surface area contributed by atoms with Gasteiger partial charge in [-0.2, -0.15) is 0 Å². The van der Waals surface area contributed by atoms with E-state index in [2.05, 4.69) is 25.1 Å². The molecule has 0 aliphatic heterocycles. The number of ether oxygens (including phenoxy) is 1. The molecule has 15 heavy (non-hydrogen) atoms. The first kappa shape index (κ1) is 10.2. The maximum atomic E-state index is 9.36. The predicted octanol–water partition coefficient (Wildman–Crippen LogP) is 0.788. The fraction of sp³-hybridized carbons (Fsp3) is 0.385. The van der Waals surface area contributed by atoms with E-state index in [1.165, 1.54) is 5.22 Å². The fourth-order valence-corrected chi connectivity index (χ4v) is 2.08. The average Bonchev–Trinajstić information content (AvgIpc) is 2.27. The van der Waals surface area contributed by atoms with E-state index >= 15 is 0 Å². The standard InChI is InChI=1S/C13H16O2/c1-9-3-5-11-10(7-9)4-6-13(15-2)12(11)8-14/h4-7,9,14H,3,8H2,1-2H3. The van der Waals surface area contributed by atoms with Gasteiger partial charge >= 0.3 is 0 Å². The monoisotopic (exact) mass is 204 g/mol. The summed E-state index contributed by atoms with van der Waals surface area (Å²) in [5.41, 5.74) is 0.901. The summed E-state index contributed by atoms with van der Waals surface area (Å²) >= 11 is 0. The lowest BCUT2D eigenvalue weighted by Gasteiger charge is -2.12. The quantitative estimate of drug-likeness (QED) is 0.771. The predicted molar refractivity (Wildman–Crippen MR) is 60.9 cm³/mol. The molecule has 1 aliphatic rings. The number of aliphatic hydroxyl groups excluding tert-OH is 1. The molecule has 1 N–H and O–H groups in total. The van der Waals surface area contributed by atoms with Crippen LogP contribution in [0.5, 0.6) is 5.75 Å². The van der Waals surface area contributed by atoms with Crippen molar-refractivity contribution < 1.29 is 9.84 Å². The summed E-state index contributed by atoms with van der Waals surface area (Å²) in [6, 6.07) is 3.98. The Labute approximate surface area is 89.5 Å². The molecular weight excluding hydrogens is 188 g/mol. The number of benzene rings is 1. The summed E-state index contributed by atoms with van der Waals surface area (Å²) in [5, 5.41) is 11.7. The molecule has 1 aromatic rings. The van der Waals surface area contributed by atoms with Crippen molar-refractivity contribution in [1.82, 2.24) is 0 Å². The fourth-order valence-electron chi connectivity index (χ4n) is 2.08. The van der Waals surface area contributed by atoms with Crippen molar-refractivity contribution in [3.8, 4) is 5.75 Å². The number of rotatable bonds is 2. The molecule has 2 heteroatoms. The minimum atomic E-state index is 0.0328. The Morgan fingerprint density at radius 3 is 2.93 bits per heavy atom. The first-order valence-electron chi connectivity index (χ1n) is 5.25. The molecule has 80 valence electrons. The lowest BCUT2D eigenvalue weighted by atomic mass is 9.96. The molecule has 0 radical (unpaired) electrons. The van der Waals surface area contributed by atoms with Crippen LogP contribution in [0.4, 0.5) is 0 Å². The summed E-state index contributed by atoms with van der Waals surface area (Å²) in [5.74, 6) is 1.35. The number of hydrogen-bond donors (Lipinski definition) is 1. The van der Waals surface area contributed by atoms with Crippen LogP contribution in [0.1, 0.15) is 18.9 Å². The normalized spacial score (nSPS) is 18.7. The van der Waals surface area contributed by atoms with E-state index in [1.807, 2.05) is 6.07 Å². The molecule has 0 saturated heterocycles. The lowest BCUT2D eigenvalue weighted by Crippen LogP contribution is -2.32. The van der Waals surface area contributed by atoms with Gasteiger partial charge in [0.1, 0.15) is 5.75 Å². The van der Waals surface area contributed by atoms with Crippen molar-refractivity contribution in [1.29, 1.82) is 0 Å². The van der Waals surface area contributed by atoms with Crippen LogP contribution in [0.3, 0.4) is 0 Å². The Balaban J connectivity index is 2.72. The highest BCUT2D eigenvalue weighted by molar-refractivity contribution is 5.47. The second-order valence-corrected chi connectivity index (χ2v) is 3.99. The third-order valence-electron chi connectivity index (χ3n) is 2.88. The maximum absolute atomic E-state index is 9.36. The zero-order valence-corrected chi connectivity index (χ0v) is 9.16. The molecule has 1 aliphatic carbocycles. The number of aliphatic hydroxyl groups is 1. The van der Waals surface area contributed by atoms with Gasteiger partial charge in [0.05, 0.1) is 13.7 Å². The summed E-state index contributed by atoms with van der Waals surface area (Å²) in [6.45, 7) is 2.23. The van der Waals surface area contributed by atoms with Gasteiger partial charge in [0.25, 0.3) is 0 Å². The molecule has 0 bridgehead atoms. The minimum absolute atomic E-state index is 0.0328. The maximum Gasteiger partial charge on any atom is 0.125 e. The Morgan fingerprint density at radius 1 is 1.47 bits per heavy atom. The van der Waals surface area contributed by atoms with Crippen LogP contribution >= 0.6 is 0 Å². The van der Waals surface area contributed by atoms with Crippen LogP contribution in [-0.4, -0.2) is 12.2 Å². The molecule has 0 aromatic heterocycles. The van der Waals surface area contributed by atoms with Crippen molar-refractivity contribution in [2.45, 2.75) is 20.0 Å². The smallest absolute Gasteiger partial charge is 0.125 e. The molecule has 0 saturated carbocycles. The van der Waals surface area contributed by atoms with Crippen LogP contribution in [0.2, 0.25) is 0 Å². The van der Waals surface area contributed by atoms with E-state index < -0.39 is 0 Å². The third kappa shape index (κ3) is 1.77. The van der Waals surface area contributed by atoms with Crippen molar-refractivity contribution >= 4 is 12.2 Å². The van der Waals surface area contributed by atoms with Gasteiger partial charge in [-0.15, -0.1) is 0 Å². The van der Waals surface area contributed by atoms with E-state index in [1.54, 1.807) is 7.11 Å². The topological polar surface area (TPSA) is 29.5 Å². The van der Waals surface area contributed by atoms with Crippen molar-refractivity contribution in [2.75, 3.05) is 7.11 Å². The molecule has 2 rings (SSSR count). The largest absolute Gasteiger partial charge is 0.496 e. The van der Waals surface area contributed by atoms with Crippen LogP contribution in [-0.2, 0) is 6.61 Å². The van der Waals surface area contributed by atoms with Gasteiger partial charge in [0.15, 0.2) is 0 Å². The van der Waals surface area contributed by atoms with Gasteiger partial charge in [-0.3, -0.25) is 0 Å². The molecule has 0 amide bonds. The number of methoxy groups -OCH3 is 1. The van der Waals surface area contributed by atoms with Gasteiger partial charge in [-0.1, -0.05) is 25.1 Å². The summed E-state index contributed by atoms with van der Waals surface area (Å²) in [6.07, 6.45) is 5.47. The third-order valence-corrected chi connectivity index (χ3v) is 2.88. The van der Waals surface area contributed by atoms with Gasteiger partial charge in [0.2, 0.25) is 0 Å². The average molecular weight is 204 g/mol. The summed E-state index contributed by atoms with van der Waals surface area (Å²) in [7, 11) is 1.63. The first-order valence-corrected chi connectivity index (χ1v) is 5.25. The molecular formula is C13H16O2. The SMILES string of the molecule is COc1ccc2c(c1CO)=CCC(C)C=2. The van der Waals surface area contributed by atoms with Crippen LogP contribution in [0, 0.1) is 5.92 Å². The second-order valence-electron chi connectivity index (χ2n) is 3.99.